The number of hydrazine groups is 1. The average molecular weight is 692 g/mol. The van der Waals surface area contributed by atoms with Crippen LogP contribution in [0.25, 0.3) is 0 Å². The van der Waals surface area contributed by atoms with Crippen molar-refractivity contribution in [3.8, 4) is 0 Å². The molecule has 0 bridgehead atoms. The monoisotopic (exact) mass is 691 g/mol. The quantitative estimate of drug-likeness (QED) is 0.0482. The Hall–Kier alpha value is -5.16. The van der Waals surface area contributed by atoms with E-state index in [1.807, 2.05) is 91.0 Å². The minimum Gasteiger partial charge on any atom is -0.379 e. The molecule has 4 aromatic rings. The first kappa shape index (κ1) is 34.2. The number of rotatable bonds is 12. The molecule has 6 N–H and O–H groups in total. The van der Waals surface area contributed by atoms with Crippen LogP contribution in [0.2, 0.25) is 0 Å². The van der Waals surface area contributed by atoms with Crippen molar-refractivity contribution in [2.45, 2.75) is 44.0 Å². The Kier molecular flexibility index (Phi) is 9.63. The summed E-state index contributed by atoms with van der Waals surface area (Å²) in [6, 6.07) is 26.4. The van der Waals surface area contributed by atoms with Crippen LogP contribution >= 0.6 is 11.3 Å². The molecular formula is C32H33N7O7S2. The van der Waals surface area contributed by atoms with E-state index in [0.717, 1.165) is 28.0 Å². The molecule has 1 aliphatic heterocycles. The van der Waals surface area contributed by atoms with Crippen LogP contribution in [-0.2, 0) is 35.1 Å². The van der Waals surface area contributed by atoms with Gasteiger partial charge in [0.25, 0.3) is 17.7 Å². The van der Waals surface area contributed by atoms with Crippen LogP contribution in [0.4, 0.5) is 5.13 Å². The highest BCUT2D eigenvalue weighted by molar-refractivity contribution is 7.84. The van der Waals surface area contributed by atoms with E-state index < -0.39 is 57.0 Å². The molecule has 1 fully saturated rings. The second-order valence-electron chi connectivity index (χ2n) is 11.3. The van der Waals surface area contributed by atoms with Crippen molar-refractivity contribution >= 4 is 50.2 Å². The van der Waals surface area contributed by atoms with Gasteiger partial charge in [0.1, 0.15) is 17.3 Å². The molecule has 0 spiro atoms. The number of aromatic nitrogens is 1. The van der Waals surface area contributed by atoms with Crippen LogP contribution in [0.5, 0.6) is 0 Å². The third kappa shape index (κ3) is 6.77. The lowest BCUT2D eigenvalue weighted by Crippen LogP contribution is -2.71. The van der Waals surface area contributed by atoms with Gasteiger partial charge >= 0.3 is 10.3 Å². The van der Waals surface area contributed by atoms with Gasteiger partial charge in [0.05, 0.1) is 6.04 Å². The van der Waals surface area contributed by atoms with Crippen LogP contribution in [0.1, 0.15) is 43.2 Å². The number of β-lactam (4-membered cyclic amide) rings is 1. The molecule has 0 aliphatic carbocycles. The summed E-state index contributed by atoms with van der Waals surface area (Å²) in [7, 11) is -4.81. The first-order valence-electron chi connectivity index (χ1n) is 14.6. The molecule has 0 radical (unpaired) electrons. The van der Waals surface area contributed by atoms with Gasteiger partial charge in [-0.3, -0.25) is 24.4 Å². The van der Waals surface area contributed by atoms with Gasteiger partial charge in [-0.25, -0.2) is 14.7 Å². The zero-order valence-electron chi connectivity index (χ0n) is 26.0. The Balaban J connectivity index is 1.41. The van der Waals surface area contributed by atoms with Crippen molar-refractivity contribution in [1.82, 2.24) is 25.5 Å². The minimum atomic E-state index is -4.81. The third-order valence-electron chi connectivity index (χ3n) is 7.75. The summed E-state index contributed by atoms with van der Waals surface area (Å²) >= 11 is 1.01. The van der Waals surface area contributed by atoms with Gasteiger partial charge < -0.3 is 15.9 Å². The van der Waals surface area contributed by atoms with Gasteiger partial charge in [0.2, 0.25) is 5.60 Å². The smallest absolute Gasteiger partial charge is 0.362 e. The molecule has 3 aromatic carbocycles. The zero-order valence-corrected chi connectivity index (χ0v) is 27.7. The van der Waals surface area contributed by atoms with Crippen LogP contribution in [-0.4, -0.2) is 63.4 Å². The highest BCUT2D eigenvalue weighted by Gasteiger charge is 2.51. The second kappa shape index (κ2) is 13.5. The summed E-state index contributed by atoms with van der Waals surface area (Å²) in [6.07, 6.45) is 0. The molecule has 48 heavy (non-hydrogen) atoms. The Labute approximate surface area is 280 Å². The Morgan fingerprint density at radius 3 is 1.88 bits per heavy atom. The molecule has 3 amide bonds. The Bertz CT molecular complexity index is 1840. The number of hydrogen-bond acceptors (Lipinski definition) is 11. The predicted octanol–water partition coefficient (Wildman–Crippen LogP) is 2.36. The van der Waals surface area contributed by atoms with Gasteiger partial charge in [-0.05, 0) is 37.5 Å². The molecule has 2 heterocycles. The highest BCUT2D eigenvalue weighted by Crippen LogP contribution is 2.36. The standard InChI is InChI=1S/C32H33N7O7S2/c1-20-25(28(41)39(20)48(43,44)45)35-27(40)26(24-19-47-30(33)34-24)37-46-31(2,3)29(42)36-38-32(21-13-7-4-8-14-21,22-15-9-5-10-16-22)23-17-11-6-12-18-23/h4-20,25,38H,1-3H3,(H2,33,34)(H,35,40)(H,36,42)(H,43,44,45)/t20-,25-/m0/s1. The summed E-state index contributed by atoms with van der Waals surface area (Å²) in [5.74, 6) is -2.64. The largest absolute Gasteiger partial charge is 0.379 e. The number of oxime groups is 1. The molecule has 250 valence electrons. The van der Waals surface area contributed by atoms with Crippen molar-refractivity contribution in [2.75, 3.05) is 5.73 Å². The first-order chi connectivity index (χ1) is 22.8. The fourth-order valence-electron chi connectivity index (χ4n) is 5.20. The van der Waals surface area contributed by atoms with Crippen LogP contribution < -0.4 is 21.9 Å². The van der Waals surface area contributed by atoms with E-state index in [1.54, 1.807) is 0 Å². The number of anilines is 1. The van der Waals surface area contributed by atoms with Crippen LogP contribution in [0.15, 0.2) is 102 Å². The van der Waals surface area contributed by atoms with Crippen molar-refractivity contribution in [3.63, 3.8) is 0 Å². The Morgan fingerprint density at radius 1 is 0.958 bits per heavy atom. The lowest BCUT2D eigenvalue weighted by molar-refractivity contribution is -0.144. The van der Waals surface area contributed by atoms with E-state index in [2.05, 4.69) is 26.3 Å². The molecule has 1 saturated heterocycles. The lowest BCUT2D eigenvalue weighted by Gasteiger charge is -2.42. The van der Waals surface area contributed by atoms with Crippen LogP contribution in [0, 0.1) is 0 Å². The fourth-order valence-corrected chi connectivity index (χ4v) is 6.63. The predicted molar refractivity (Wildman–Crippen MR) is 179 cm³/mol. The summed E-state index contributed by atoms with van der Waals surface area (Å²) in [5, 5.41) is 7.88. The number of carbonyl (C=O) groups is 3. The summed E-state index contributed by atoms with van der Waals surface area (Å²) in [6.45, 7) is 4.21. The van der Waals surface area contributed by atoms with Crippen molar-refractivity contribution in [2.24, 2.45) is 5.16 Å². The maximum absolute atomic E-state index is 13.7. The number of carbonyl (C=O) groups excluding carboxylic acids is 3. The van der Waals surface area contributed by atoms with Crippen LogP contribution in [0.3, 0.4) is 0 Å². The number of thiazole rings is 1. The number of nitrogens with two attached hydrogens (primary N) is 1. The number of amides is 3. The minimum absolute atomic E-state index is 0.00774. The number of hydrogen-bond donors (Lipinski definition) is 5. The number of nitrogens with one attached hydrogen (secondary N) is 3. The molecule has 0 saturated carbocycles. The SMILES string of the molecule is C[C@H]1[C@H](NC(=O)C(=NOC(C)(C)C(=O)NNC(c2ccccc2)(c2ccccc2)c2ccccc2)c2csc(N)n2)C(=O)N1S(=O)(=O)O. The van der Waals surface area contributed by atoms with Gasteiger partial charge in [-0.1, -0.05) is 96.2 Å². The van der Waals surface area contributed by atoms with Gasteiger partial charge in [-0.15, -0.1) is 11.3 Å². The third-order valence-corrected chi connectivity index (χ3v) is 9.43. The van der Waals surface area contributed by atoms with Crippen molar-refractivity contribution < 1.29 is 32.2 Å². The molecule has 14 nitrogen and oxygen atoms in total. The normalized spacial score (nSPS) is 17.0. The van der Waals surface area contributed by atoms with E-state index >= 15 is 0 Å². The fraction of sp³-hybridized carbons (Fsp3) is 0.219. The molecule has 5 rings (SSSR count). The van der Waals surface area contributed by atoms with Crippen molar-refractivity contribution in [1.29, 1.82) is 0 Å². The molecule has 2 atom stereocenters. The van der Waals surface area contributed by atoms with Gasteiger partial charge in [0.15, 0.2) is 10.8 Å². The topological polar surface area (TPSA) is 205 Å². The summed E-state index contributed by atoms with van der Waals surface area (Å²) in [4.78, 5) is 49.2. The van der Waals surface area contributed by atoms with E-state index in [4.69, 9.17) is 10.6 Å². The number of nitrogens with zero attached hydrogens (tertiary/aromatic N) is 3. The van der Waals surface area contributed by atoms with Crippen molar-refractivity contribution in [3.05, 3.63) is 119 Å². The maximum atomic E-state index is 13.7. The Morgan fingerprint density at radius 2 is 1.46 bits per heavy atom. The second-order valence-corrected chi connectivity index (χ2v) is 13.5. The number of nitrogen functional groups attached to an aromatic ring is 1. The molecule has 16 heteroatoms. The van der Waals surface area contributed by atoms with E-state index in [-0.39, 0.29) is 15.1 Å². The summed E-state index contributed by atoms with van der Waals surface area (Å²) < 4.78 is 32.5. The van der Waals surface area contributed by atoms with E-state index in [1.165, 1.54) is 26.2 Å². The van der Waals surface area contributed by atoms with E-state index in [9.17, 15) is 27.4 Å². The molecule has 1 aliphatic rings. The average Bonchev–Trinajstić information content (AvgIpc) is 3.50. The maximum Gasteiger partial charge on any atom is 0.362 e. The lowest BCUT2D eigenvalue weighted by atomic mass is 9.77. The number of benzene rings is 3. The molecular weight excluding hydrogens is 659 g/mol. The highest BCUT2D eigenvalue weighted by atomic mass is 32.2. The van der Waals surface area contributed by atoms with E-state index in [0.29, 0.717) is 0 Å². The zero-order chi connectivity index (χ0) is 34.7. The first-order valence-corrected chi connectivity index (χ1v) is 16.9. The molecule has 1 aromatic heterocycles. The summed E-state index contributed by atoms with van der Waals surface area (Å²) in [5.41, 5.74) is 11.2. The van der Waals surface area contributed by atoms with Gasteiger partial charge in [-0.2, -0.15) is 8.42 Å². The molecule has 0 unspecified atom stereocenters. The van der Waals surface area contributed by atoms with Gasteiger partial charge in [0, 0.05) is 5.38 Å².